The van der Waals surface area contributed by atoms with Crippen LogP contribution in [0, 0.1) is 5.92 Å². The molecule has 0 bridgehead atoms. The van der Waals surface area contributed by atoms with Crippen molar-refractivity contribution < 1.29 is 0 Å². The molecule has 2 aliphatic rings. The summed E-state index contributed by atoms with van der Waals surface area (Å²) in [6.45, 7) is 5.98. The number of hydrogen-bond donors (Lipinski definition) is 1. The number of hydrogen-bond acceptors (Lipinski definition) is 3. The Hall–Kier alpha value is -0.120. The average molecular weight is 225 g/mol. The molecule has 0 saturated carbocycles. The van der Waals surface area contributed by atoms with Crippen LogP contribution >= 0.6 is 0 Å². The molecule has 2 atom stereocenters. The summed E-state index contributed by atoms with van der Waals surface area (Å²) in [5.74, 6) is 0.768. The van der Waals surface area contributed by atoms with E-state index in [1.807, 2.05) is 0 Å². The summed E-state index contributed by atoms with van der Waals surface area (Å²) in [5, 5.41) is 0. The van der Waals surface area contributed by atoms with Crippen LogP contribution in [0.15, 0.2) is 0 Å². The van der Waals surface area contributed by atoms with Crippen molar-refractivity contribution in [3.8, 4) is 0 Å². The van der Waals surface area contributed by atoms with E-state index in [2.05, 4.69) is 16.8 Å². The first-order valence-corrected chi connectivity index (χ1v) is 6.92. The zero-order valence-electron chi connectivity index (χ0n) is 10.7. The molecule has 2 saturated heterocycles. The normalized spacial score (nSPS) is 33.4. The summed E-state index contributed by atoms with van der Waals surface area (Å²) in [7, 11) is 2.29. The van der Waals surface area contributed by atoms with E-state index in [9.17, 15) is 0 Å². The molecule has 2 fully saturated rings. The van der Waals surface area contributed by atoms with Gasteiger partial charge in [0.05, 0.1) is 0 Å². The van der Waals surface area contributed by atoms with Crippen molar-refractivity contribution in [1.29, 1.82) is 0 Å². The smallest absolute Gasteiger partial charge is 0.0104 e. The van der Waals surface area contributed by atoms with Crippen molar-refractivity contribution in [2.45, 2.75) is 38.1 Å². The van der Waals surface area contributed by atoms with E-state index in [0.29, 0.717) is 0 Å². The molecule has 2 unspecified atom stereocenters. The molecule has 2 N–H and O–H groups in total. The van der Waals surface area contributed by atoms with Crippen LogP contribution in [-0.4, -0.2) is 55.6 Å². The predicted octanol–water partition coefficient (Wildman–Crippen LogP) is 1.14. The number of nitrogens with zero attached hydrogens (tertiary/aromatic N) is 2. The Bertz CT molecular complexity index is 207. The fraction of sp³-hybridized carbons (Fsp3) is 1.00. The molecule has 2 aliphatic heterocycles. The minimum atomic E-state index is 0.768. The summed E-state index contributed by atoms with van der Waals surface area (Å²) in [4.78, 5) is 5.17. The number of likely N-dealkylation sites (tertiary alicyclic amines) is 2. The lowest BCUT2D eigenvalue weighted by atomic mass is 10.00. The minimum absolute atomic E-state index is 0.768. The molecule has 94 valence electrons. The Balaban J connectivity index is 1.67. The predicted molar refractivity (Wildman–Crippen MR) is 68.5 cm³/mol. The third kappa shape index (κ3) is 3.19. The fourth-order valence-electron chi connectivity index (χ4n) is 3.15. The average Bonchev–Trinajstić information content (AvgIpc) is 2.76. The van der Waals surface area contributed by atoms with E-state index in [-0.39, 0.29) is 0 Å². The van der Waals surface area contributed by atoms with Gasteiger partial charge in [-0.15, -0.1) is 0 Å². The van der Waals surface area contributed by atoms with Crippen LogP contribution in [0.5, 0.6) is 0 Å². The van der Waals surface area contributed by atoms with Crippen LogP contribution in [0.25, 0.3) is 0 Å². The molecule has 0 spiro atoms. The van der Waals surface area contributed by atoms with Gasteiger partial charge in [0.15, 0.2) is 0 Å². The first-order valence-electron chi connectivity index (χ1n) is 6.92. The van der Waals surface area contributed by atoms with Gasteiger partial charge < -0.3 is 15.5 Å². The fourth-order valence-corrected chi connectivity index (χ4v) is 3.15. The van der Waals surface area contributed by atoms with Gasteiger partial charge in [-0.3, -0.25) is 0 Å². The van der Waals surface area contributed by atoms with Crippen LogP contribution in [-0.2, 0) is 0 Å². The second kappa shape index (κ2) is 5.99. The van der Waals surface area contributed by atoms with Crippen molar-refractivity contribution in [2.24, 2.45) is 11.7 Å². The molecule has 0 radical (unpaired) electrons. The molecular formula is C13H27N3. The van der Waals surface area contributed by atoms with Gasteiger partial charge >= 0.3 is 0 Å². The van der Waals surface area contributed by atoms with Gasteiger partial charge in [0.2, 0.25) is 0 Å². The molecule has 0 aromatic carbocycles. The van der Waals surface area contributed by atoms with Gasteiger partial charge in [-0.1, -0.05) is 6.42 Å². The summed E-state index contributed by atoms with van der Waals surface area (Å²) >= 11 is 0. The molecule has 0 aromatic rings. The Morgan fingerprint density at radius 2 is 2.06 bits per heavy atom. The zero-order valence-corrected chi connectivity index (χ0v) is 10.7. The van der Waals surface area contributed by atoms with Crippen LogP contribution in [0.2, 0.25) is 0 Å². The monoisotopic (exact) mass is 225 g/mol. The van der Waals surface area contributed by atoms with Gasteiger partial charge in [0.1, 0.15) is 0 Å². The van der Waals surface area contributed by atoms with Crippen molar-refractivity contribution in [2.75, 3.05) is 39.8 Å². The molecule has 0 aromatic heterocycles. The zero-order chi connectivity index (χ0) is 11.4. The number of nitrogens with two attached hydrogens (primary N) is 1. The van der Waals surface area contributed by atoms with Crippen molar-refractivity contribution in [1.82, 2.24) is 9.80 Å². The Labute approximate surface area is 100.0 Å². The Kier molecular flexibility index (Phi) is 4.62. The minimum Gasteiger partial charge on any atom is -0.330 e. The molecule has 0 aliphatic carbocycles. The maximum atomic E-state index is 5.72. The van der Waals surface area contributed by atoms with Crippen LogP contribution in [0.4, 0.5) is 0 Å². The first-order chi connectivity index (χ1) is 7.79. The van der Waals surface area contributed by atoms with Gasteiger partial charge in [-0.05, 0) is 64.8 Å². The van der Waals surface area contributed by atoms with E-state index in [1.165, 1.54) is 58.3 Å². The third-order valence-corrected chi connectivity index (χ3v) is 4.40. The highest BCUT2D eigenvalue weighted by Crippen LogP contribution is 2.20. The highest BCUT2D eigenvalue weighted by Gasteiger charge is 2.23. The maximum absolute atomic E-state index is 5.72. The standard InChI is InChI=1S/C13H27N3/c1-15-7-3-2-4-13(15)6-9-16-8-5-12(10-14)11-16/h12-13H,2-11,14H2,1H3. The van der Waals surface area contributed by atoms with E-state index >= 15 is 0 Å². The van der Waals surface area contributed by atoms with Gasteiger partial charge in [-0.2, -0.15) is 0 Å². The Morgan fingerprint density at radius 1 is 1.19 bits per heavy atom. The summed E-state index contributed by atoms with van der Waals surface area (Å²) < 4.78 is 0. The van der Waals surface area contributed by atoms with E-state index in [4.69, 9.17) is 5.73 Å². The summed E-state index contributed by atoms with van der Waals surface area (Å²) in [6.07, 6.45) is 6.90. The molecule has 0 amide bonds. The third-order valence-electron chi connectivity index (χ3n) is 4.40. The number of rotatable bonds is 4. The molecule has 2 rings (SSSR count). The number of piperidine rings is 1. The topological polar surface area (TPSA) is 32.5 Å². The van der Waals surface area contributed by atoms with E-state index < -0.39 is 0 Å². The lowest BCUT2D eigenvalue weighted by Crippen LogP contribution is -2.38. The highest BCUT2D eigenvalue weighted by atomic mass is 15.2. The van der Waals surface area contributed by atoms with E-state index in [0.717, 1.165) is 18.5 Å². The van der Waals surface area contributed by atoms with E-state index in [1.54, 1.807) is 0 Å². The highest BCUT2D eigenvalue weighted by molar-refractivity contribution is 4.79. The van der Waals surface area contributed by atoms with Gasteiger partial charge in [-0.25, -0.2) is 0 Å². The summed E-state index contributed by atoms with van der Waals surface area (Å²) in [6, 6.07) is 0.839. The van der Waals surface area contributed by atoms with Crippen LogP contribution in [0.1, 0.15) is 32.1 Å². The molecule has 3 nitrogen and oxygen atoms in total. The molecule has 2 heterocycles. The van der Waals surface area contributed by atoms with Gasteiger partial charge in [0, 0.05) is 12.6 Å². The molecular weight excluding hydrogens is 198 g/mol. The van der Waals surface area contributed by atoms with Crippen molar-refractivity contribution >= 4 is 0 Å². The quantitative estimate of drug-likeness (QED) is 0.779. The lowest BCUT2D eigenvalue weighted by Gasteiger charge is -2.33. The lowest BCUT2D eigenvalue weighted by molar-refractivity contribution is 0.159. The van der Waals surface area contributed by atoms with Gasteiger partial charge in [0.25, 0.3) is 0 Å². The van der Waals surface area contributed by atoms with Crippen LogP contribution in [0.3, 0.4) is 0 Å². The maximum Gasteiger partial charge on any atom is 0.0104 e. The first kappa shape index (κ1) is 12.3. The second-order valence-corrected chi connectivity index (χ2v) is 5.61. The molecule has 3 heteroatoms. The largest absolute Gasteiger partial charge is 0.330 e. The Morgan fingerprint density at radius 3 is 2.75 bits per heavy atom. The second-order valence-electron chi connectivity index (χ2n) is 5.61. The SMILES string of the molecule is CN1CCCCC1CCN1CCC(CN)C1. The van der Waals surface area contributed by atoms with Crippen LogP contribution < -0.4 is 5.73 Å². The summed E-state index contributed by atoms with van der Waals surface area (Å²) in [5.41, 5.74) is 5.72. The molecule has 16 heavy (non-hydrogen) atoms. The van der Waals surface area contributed by atoms with Crippen molar-refractivity contribution in [3.63, 3.8) is 0 Å². The van der Waals surface area contributed by atoms with Crippen molar-refractivity contribution in [3.05, 3.63) is 0 Å².